The predicted molar refractivity (Wildman–Crippen MR) is 72.4 cm³/mol. The lowest BCUT2D eigenvalue weighted by molar-refractivity contribution is -0.138. The summed E-state index contributed by atoms with van der Waals surface area (Å²) in [6.07, 6.45) is 0. The van der Waals surface area contributed by atoms with Crippen molar-refractivity contribution < 1.29 is 14.3 Å². The maximum Gasteiger partial charge on any atom is 0.331 e. The van der Waals surface area contributed by atoms with E-state index in [0.717, 1.165) is 3.79 Å². The molecule has 0 amide bonds. The van der Waals surface area contributed by atoms with Gasteiger partial charge in [0.1, 0.15) is 5.82 Å². The second kappa shape index (κ2) is 5.49. The summed E-state index contributed by atoms with van der Waals surface area (Å²) in [4.78, 5) is 11.8. The summed E-state index contributed by atoms with van der Waals surface area (Å²) in [5, 5.41) is 11.9. The number of rotatable bonds is 4. The van der Waals surface area contributed by atoms with Crippen LogP contribution in [0.25, 0.3) is 0 Å². The molecule has 0 aliphatic heterocycles. The van der Waals surface area contributed by atoms with E-state index in [1.54, 1.807) is 24.3 Å². The van der Waals surface area contributed by atoms with E-state index in [4.69, 9.17) is 0 Å². The van der Waals surface area contributed by atoms with Gasteiger partial charge in [-0.2, -0.15) is 0 Å². The Balaban J connectivity index is 2.28. The first-order valence-corrected chi connectivity index (χ1v) is 6.68. The number of para-hydroxylation sites is 1. The molecule has 2 N–H and O–H groups in total. The average Bonchev–Trinajstić information content (AvgIpc) is 2.74. The standard InChI is InChI=1S/C12H9BrFNO2S/c13-10-6-5-9(18-10)11(12(16)17)15-8-4-2-1-3-7(8)14/h1-6,11,15H,(H,16,17). The Morgan fingerprint density at radius 1 is 1.33 bits per heavy atom. The highest BCUT2D eigenvalue weighted by Crippen LogP contribution is 2.30. The van der Waals surface area contributed by atoms with E-state index in [-0.39, 0.29) is 5.69 Å². The number of nitrogens with one attached hydrogen (secondary N) is 1. The van der Waals surface area contributed by atoms with Crippen molar-refractivity contribution >= 4 is 38.9 Å². The molecule has 0 radical (unpaired) electrons. The van der Waals surface area contributed by atoms with Crippen molar-refractivity contribution in [2.75, 3.05) is 5.32 Å². The van der Waals surface area contributed by atoms with Crippen LogP contribution in [0.1, 0.15) is 10.9 Å². The van der Waals surface area contributed by atoms with Gasteiger partial charge >= 0.3 is 5.97 Å². The van der Waals surface area contributed by atoms with Gasteiger partial charge < -0.3 is 10.4 Å². The Hall–Kier alpha value is -1.40. The molecule has 2 rings (SSSR count). The van der Waals surface area contributed by atoms with Crippen molar-refractivity contribution in [1.82, 2.24) is 0 Å². The molecule has 0 aliphatic rings. The predicted octanol–water partition coefficient (Wildman–Crippen LogP) is 3.89. The topological polar surface area (TPSA) is 49.3 Å². The van der Waals surface area contributed by atoms with E-state index in [2.05, 4.69) is 21.2 Å². The first-order chi connectivity index (χ1) is 8.58. The molecule has 1 aromatic heterocycles. The second-order valence-electron chi connectivity index (χ2n) is 3.54. The van der Waals surface area contributed by atoms with Gasteiger partial charge in [0.2, 0.25) is 0 Å². The van der Waals surface area contributed by atoms with Gasteiger partial charge in [-0.05, 0) is 40.2 Å². The maximum absolute atomic E-state index is 13.5. The van der Waals surface area contributed by atoms with Crippen molar-refractivity contribution in [3.8, 4) is 0 Å². The lowest BCUT2D eigenvalue weighted by Gasteiger charge is -2.14. The Kier molecular flexibility index (Phi) is 3.98. The van der Waals surface area contributed by atoms with Crippen molar-refractivity contribution in [3.05, 3.63) is 50.9 Å². The van der Waals surface area contributed by atoms with Gasteiger partial charge in [-0.3, -0.25) is 0 Å². The van der Waals surface area contributed by atoms with E-state index >= 15 is 0 Å². The minimum Gasteiger partial charge on any atom is -0.479 e. The molecule has 0 spiro atoms. The van der Waals surface area contributed by atoms with Crippen LogP contribution >= 0.6 is 27.3 Å². The van der Waals surface area contributed by atoms with Crippen LogP contribution in [0, 0.1) is 5.82 Å². The third kappa shape index (κ3) is 2.88. The number of aliphatic carboxylic acids is 1. The highest BCUT2D eigenvalue weighted by molar-refractivity contribution is 9.11. The highest BCUT2D eigenvalue weighted by Gasteiger charge is 2.22. The van der Waals surface area contributed by atoms with Gasteiger partial charge in [-0.15, -0.1) is 11.3 Å². The minimum absolute atomic E-state index is 0.175. The number of benzene rings is 1. The number of hydrogen-bond donors (Lipinski definition) is 2. The average molecular weight is 330 g/mol. The summed E-state index contributed by atoms with van der Waals surface area (Å²) in [7, 11) is 0. The SMILES string of the molecule is O=C(O)C(Nc1ccccc1F)c1ccc(Br)s1. The van der Waals surface area contributed by atoms with Crippen molar-refractivity contribution in [3.63, 3.8) is 0 Å². The Labute approximate surface area is 115 Å². The molecule has 3 nitrogen and oxygen atoms in total. The van der Waals surface area contributed by atoms with Crippen LogP contribution in [0.15, 0.2) is 40.2 Å². The quantitative estimate of drug-likeness (QED) is 0.894. The molecular formula is C12H9BrFNO2S. The van der Waals surface area contributed by atoms with Crippen LogP contribution in [0.5, 0.6) is 0 Å². The number of carbonyl (C=O) groups is 1. The normalized spacial score (nSPS) is 12.1. The second-order valence-corrected chi connectivity index (χ2v) is 6.03. The summed E-state index contributed by atoms with van der Waals surface area (Å²) in [5.74, 6) is -1.52. The summed E-state index contributed by atoms with van der Waals surface area (Å²) >= 11 is 4.57. The van der Waals surface area contributed by atoms with Gasteiger partial charge in [0, 0.05) is 4.88 Å². The zero-order chi connectivity index (χ0) is 13.1. The van der Waals surface area contributed by atoms with Gasteiger partial charge in [-0.1, -0.05) is 12.1 Å². The molecule has 0 aliphatic carbocycles. The fourth-order valence-corrected chi connectivity index (χ4v) is 2.94. The number of carboxylic acid groups (broad SMARTS) is 1. The fraction of sp³-hybridized carbons (Fsp3) is 0.0833. The summed E-state index contributed by atoms with van der Waals surface area (Å²) in [5.41, 5.74) is 0.175. The van der Waals surface area contributed by atoms with E-state index in [9.17, 15) is 14.3 Å². The number of hydrogen-bond acceptors (Lipinski definition) is 3. The van der Waals surface area contributed by atoms with Crippen LogP contribution in [0.4, 0.5) is 10.1 Å². The van der Waals surface area contributed by atoms with Crippen molar-refractivity contribution in [2.24, 2.45) is 0 Å². The monoisotopic (exact) mass is 329 g/mol. The smallest absolute Gasteiger partial charge is 0.331 e. The zero-order valence-corrected chi connectivity index (χ0v) is 11.5. The molecule has 0 fully saturated rings. The summed E-state index contributed by atoms with van der Waals surface area (Å²) in [6, 6.07) is 8.49. The van der Waals surface area contributed by atoms with Crippen LogP contribution in [-0.2, 0) is 4.79 Å². The molecule has 0 bridgehead atoms. The number of halogens is 2. The zero-order valence-electron chi connectivity index (χ0n) is 9.06. The van der Waals surface area contributed by atoms with Crippen LogP contribution in [0.2, 0.25) is 0 Å². The number of thiophene rings is 1. The molecule has 94 valence electrons. The molecule has 0 saturated heterocycles. The molecule has 1 heterocycles. The van der Waals surface area contributed by atoms with Crippen LogP contribution in [-0.4, -0.2) is 11.1 Å². The van der Waals surface area contributed by atoms with E-state index < -0.39 is 17.8 Å². The first kappa shape index (κ1) is 13.0. The Morgan fingerprint density at radius 3 is 2.61 bits per heavy atom. The van der Waals surface area contributed by atoms with Gasteiger partial charge in [-0.25, -0.2) is 9.18 Å². The lowest BCUT2D eigenvalue weighted by Crippen LogP contribution is -2.19. The van der Waals surface area contributed by atoms with Gasteiger partial charge in [0.15, 0.2) is 6.04 Å². The van der Waals surface area contributed by atoms with Crippen molar-refractivity contribution in [2.45, 2.75) is 6.04 Å². The van der Waals surface area contributed by atoms with Crippen molar-refractivity contribution in [1.29, 1.82) is 0 Å². The fourth-order valence-electron chi connectivity index (χ4n) is 1.47. The molecule has 2 aromatic rings. The van der Waals surface area contributed by atoms with Crippen LogP contribution in [0.3, 0.4) is 0 Å². The summed E-state index contributed by atoms with van der Waals surface area (Å²) in [6.45, 7) is 0. The first-order valence-electron chi connectivity index (χ1n) is 5.07. The third-order valence-corrected chi connectivity index (χ3v) is 3.99. The van der Waals surface area contributed by atoms with Gasteiger partial charge in [0.25, 0.3) is 0 Å². The number of anilines is 1. The Morgan fingerprint density at radius 2 is 2.06 bits per heavy atom. The Bertz CT molecular complexity index is 573. The van der Waals surface area contributed by atoms with Gasteiger partial charge in [0.05, 0.1) is 9.47 Å². The molecular weight excluding hydrogens is 321 g/mol. The number of carboxylic acids is 1. The largest absolute Gasteiger partial charge is 0.479 e. The molecule has 1 aromatic carbocycles. The third-order valence-electron chi connectivity index (χ3n) is 2.30. The molecule has 6 heteroatoms. The lowest BCUT2D eigenvalue weighted by atomic mass is 10.2. The molecule has 1 unspecified atom stereocenters. The van der Waals surface area contributed by atoms with Crippen LogP contribution < -0.4 is 5.32 Å². The molecule has 1 atom stereocenters. The minimum atomic E-state index is -1.05. The van der Waals surface area contributed by atoms with E-state index in [0.29, 0.717) is 4.88 Å². The summed E-state index contributed by atoms with van der Waals surface area (Å²) < 4.78 is 14.3. The maximum atomic E-state index is 13.5. The highest BCUT2D eigenvalue weighted by atomic mass is 79.9. The van der Waals surface area contributed by atoms with E-state index in [1.165, 1.54) is 23.5 Å². The molecule has 0 saturated carbocycles. The molecule has 18 heavy (non-hydrogen) atoms. The van der Waals surface area contributed by atoms with E-state index in [1.807, 2.05) is 0 Å².